The monoisotopic (exact) mass is 254 g/mol. The molecule has 1 heterocycles. The van der Waals surface area contributed by atoms with Crippen LogP contribution in [0.15, 0.2) is 30.3 Å². The highest BCUT2D eigenvalue weighted by Gasteiger charge is 2.43. The van der Waals surface area contributed by atoms with Crippen molar-refractivity contribution in [2.24, 2.45) is 0 Å². The first-order valence-corrected chi connectivity index (χ1v) is 5.88. The quantitative estimate of drug-likeness (QED) is 0.791. The summed E-state index contributed by atoms with van der Waals surface area (Å²) in [7, 11) is 1.47. The van der Waals surface area contributed by atoms with Crippen LogP contribution in [-0.2, 0) is 20.8 Å². The van der Waals surface area contributed by atoms with Crippen molar-refractivity contribution in [1.29, 1.82) is 0 Å². The Morgan fingerprint density at radius 2 is 1.94 bits per heavy atom. The fourth-order valence-corrected chi connectivity index (χ4v) is 2.01. The van der Waals surface area contributed by atoms with Gasteiger partial charge in [-0.15, -0.1) is 0 Å². The van der Waals surface area contributed by atoms with Crippen LogP contribution >= 0.6 is 0 Å². The van der Waals surface area contributed by atoms with Crippen molar-refractivity contribution in [2.45, 2.75) is 31.2 Å². The van der Waals surface area contributed by atoms with Gasteiger partial charge in [0.2, 0.25) is 0 Å². The second-order valence-electron chi connectivity index (χ2n) is 4.26. The molecule has 0 aromatic heterocycles. The van der Waals surface area contributed by atoms with Gasteiger partial charge in [0, 0.05) is 7.11 Å². The summed E-state index contributed by atoms with van der Waals surface area (Å²) in [5.41, 5.74) is 1.06. The molecule has 0 bridgehead atoms. The number of ether oxygens (including phenoxy) is 3. The van der Waals surface area contributed by atoms with Gasteiger partial charge in [-0.1, -0.05) is 30.3 Å². The van der Waals surface area contributed by atoms with E-state index < -0.39 is 24.6 Å². The molecule has 100 valence electrons. The molecule has 18 heavy (non-hydrogen) atoms. The van der Waals surface area contributed by atoms with E-state index in [1.165, 1.54) is 7.11 Å². The minimum absolute atomic E-state index is 0.265. The summed E-state index contributed by atoms with van der Waals surface area (Å²) < 4.78 is 15.8. The standard InChI is InChI=1S/C13H18O5/c1-16-12-10(18-13(15)11(12)14)8-17-7-9-5-3-2-4-6-9/h2-6,10-15H,7-8H2,1H3/t10-,11-,12+,13-/m1/s1. The molecule has 0 unspecified atom stereocenters. The molecule has 5 nitrogen and oxygen atoms in total. The lowest BCUT2D eigenvalue weighted by Crippen LogP contribution is -2.36. The Bertz CT molecular complexity index is 356. The van der Waals surface area contributed by atoms with Crippen molar-refractivity contribution in [3.63, 3.8) is 0 Å². The Hall–Kier alpha value is -0.980. The van der Waals surface area contributed by atoms with E-state index in [0.29, 0.717) is 6.61 Å². The lowest BCUT2D eigenvalue weighted by atomic mass is 10.1. The first-order chi connectivity index (χ1) is 8.72. The summed E-state index contributed by atoms with van der Waals surface area (Å²) in [6.07, 6.45) is -3.25. The molecule has 0 spiro atoms. The van der Waals surface area contributed by atoms with Gasteiger partial charge in [0.1, 0.15) is 18.3 Å². The van der Waals surface area contributed by atoms with E-state index in [1.807, 2.05) is 30.3 Å². The lowest BCUT2D eigenvalue weighted by molar-refractivity contribution is -0.137. The van der Waals surface area contributed by atoms with E-state index in [4.69, 9.17) is 14.2 Å². The maximum Gasteiger partial charge on any atom is 0.184 e. The third-order valence-electron chi connectivity index (χ3n) is 2.98. The largest absolute Gasteiger partial charge is 0.385 e. The highest BCUT2D eigenvalue weighted by Crippen LogP contribution is 2.22. The van der Waals surface area contributed by atoms with Crippen LogP contribution in [-0.4, -0.2) is 48.5 Å². The predicted octanol–water partition coefficient (Wildman–Crippen LogP) is 0.296. The third kappa shape index (κ3) is 3.07. The number of aliphatic hydroxyl groups is 2. The molecule has 0 aliphatic carbocycles. The predicted molar refractivity (Wildman–Crippen MR) is 63.8 cm³/mol. The topological polar surface area (TPSA) is 68.2 Å². The van der Waals surface area contributed by atoms with Gasteiger partial charge in [-0.2, -0.15) is 0 Å². The third-order valence-corrected chi connectivity index (χ3v) is 2.98. The molecule has 5 heteroatoms. The van der Waals surface area contributed by atoms with Crippen molar-refractivity contribution >= 4 is 0 Å². The van der Waals surface area contributed by atoms with Crippen LogP contribution in [0.4, 0.5) is 0 Å². The molecule has 0 radical (unpaired) electrons. The highest BCUT2D eigenvalue weighted by atomic mass is 16.7. The Morgan fingerprint density at radius 3 is 2.61 bits per heavy atom. The van der Waals surface area contributed by atoms with Crippen LogP contribution in [0.2, 0.25) is 0 Å². The molecule has 2 N–H and O–H groups in total. The van der Waals surface area contributed by atoms with Crippen molar-refractivity contribution in [2.75, 3.05) is 13.7 Å². The molecule has 2 rings (SSSR count). The summed E-state index contributed by atoms with van der Waals surface area (Å²) in [6, 6.07) is 9.75. The van der Waals surface area contributed by atoms with Gasteiger partial charge in [0.25, 0.3) is 0 Å². The van der Waals surface area contributed by atoms with Crippen molar-refractivity contribution in [3.8, 4) is 0 Å². The average Bonchev–Trinajstić information content (AvgIpc) is 2.66. The zero-order valence-electron chi connectivity index (χ0n) is 10.2. The first-order valence-electron chi connectivity index (χ1n) is 5.88. The van der Waals surface area contributed by atoms with Crippen molar-refractivity contribution in [3.05, 3.63) is 35.9 Å². The number of benzene rings is 1. The van der Waals surface area contributed by atoms with E-state index in [2.05, 4.69) is 0 Å². The summed E-state index contributed by atoms with van der Waals surface area (Å²) in [5, 5.41) is 19.0. The maximum atomic E-state index is 9.59. The Kier molecular flexibility index (Phi) is 4.68. The molecule has 0 saturated carbocycles. The van der Waals surface area contributed by atoms with Gasteiger partial charge in [-0.05, 0) is 5.56 Å². The van der Waals surface area contributed by atoms with Crippen LogP contribution < -0.4 is 0 Å². The maximum absolute atomic E-state index is 9.59. The van der Waals surface area contributed by atoms with Gasteiger partial charge in [0.15, 0.2) is 6.29 Å². The van der Waals surface area contributed by atoms with E-state index in [-0.39, 0.29) is 6.61 Å². The van der Waals surface area contributed by atoms with Gasteiger partial charge < -0.3 is 24.4 Å². The molecular weight excluding hydrogens is 236 g/mol. The van der Waals surface area contributed by atoms with Crippen LogP contribution in [0, 0.1) is 0 Å². The molecule has 1 fully saturated rings. The number of methoxy groups -OCH3 is 1. The van der Waals surface area contributed by atoms with Crippen LogP contribution in [0.25, 0.3) is 0 Å². The lowest BCUT2D eigenvalue weighted by Gasteiger charge is -2.18. The molecule has 1 aliphatic rings. The molecule has 1 aromatic rings. The minimum Gasteiger partial charge on any atom is -0.385 e. The van der Waals surface area contributed by atoms with Crippen molar-refractivity contribution in [1.82, 2.24) is 0 Å². The van der Waals surface area contributed by atoms with E-state index in [9.17, 15) is 10.2 Å². The minimum atomic E-state index is -1.21. The summed E-state index contributed by atoms with van der Waals surface area (Å²) in [5.74, 6) is 0. The number of hydrogen-bond acceptors (Lipinski definition) is 5. The Labute approximate surface area is 106 Å². The zero-order chi connectivity index (χ0) is 13.0. The van der Waals surface area contributed by atoms with E-state index >= 15 is 0 Å². The highest BCUT2D eigenvalue weighted by molar-refractivity contribution is 5.13. The molecular formula is C13H18O5. The van der Waals surface area contributed by atoms with Gasteiger partial charge in [-0.3, -0.25) is 0 Å². The van der Waals surface area contributed by atoms with Crippen LogP contribution in [0.3, 0.4) is 0 Å². The molecule has 1 aliphatic heterocycles. The summed E-state index contributed by atoms with van der Waals surface area (Å²) in [4.78, 5) is 0. The van der Waals surface area contributed by atoms with Crippen molar-refractivity contribution < 1.29 is 24.4 Å². The molecule has 4 atom stereocenters. The second-order valence-corrected chi connectivity index (χ2v) is 4.26. The smallest absolute Gasteiger partial charge is 0.184 e. The SMILES string of the molecule is CO[C@@H]1[C@@H](O)[C@H](O)O[C@@H]1COCc1ccccc1. The normalized spacial score (nSPS) is 31.7. The summed E-state index contributed by atoms with van der Waals surface area (Å²) >= 11 is 0. The average molecular weight is 254 g/mol. The van der Waals surface area contributed by atoms with E-state index in [0.717, 1.165) is 5.56 Å². The zero-order valence-corrected chi connectivity index (χ0v) is 10.2. The van der Waals surface area contributed by atoms with Crippen LogP contribution in [0.5, 0.6) is 0 Å². The Balaban J connectivity index is 1.80. The number of rotatable bonds is 5. The fraction of sp³-hybridized carbons (Fsp3) is 0.538. The molecule has 0 amide bonds. The first kappa shape index (κ1) is 13.5. The summed E-state index contributed by atoms with van der Waals surface area (Å²) in [6.45, 7) is 0.727. The Morgan fingerprint density at radius 1 is 1.22 bits per heavy atom. The van der Waals surface area contributed by atoms with Gasteiger partial charge in [0.05, 0.1) is 13.2 Å². The van der Waals surface area contributed by atoms with Gasteiger partial charge >= 0.3 is 0 Å². The molecule has 1 saturated heterocycles. The number of hydrogen-bond donors (Lipinski definition) is 2. The second kappa shape index (κ2) is 6.26. The fourth-order valence-electron chi connectivity index (χ4n) is 2.01. The van der Waals surface area contributed by atoms with E-state index in [1.54, 1.807) is 0 Å². The molecule has 1 aromatic carbocycles. The number of aliphatic hydroxyl groups excluding tert-OH is 2. The van der Waals surface area contributed by atoms with Gasteiger partial charge in [-0.25, -0.2) is 0 Å². The van der Waals surface area contributed by atoms with Crippen LogP contribution in [0.1, 0.15) is 5.56 Å².